The van der Waals surface area contributed by atoms with Crippen LogP contribution in [0.5, 0.6) is 0 Å². The third-order valence-corrected chi connectivity index (χ3v) is 5.00. The van der Waals surface area contributed by atoms with Crippen LogP contribution in [0.4, 0.5) is 0 Å². The van der Waals surface area contributed by atoms with Crippen molar-refractivity contribution in [1.29, 1.82) is 0 Å². The number of aliphatic hydroxyl groups is 1. The van der Waals surface area contributed by atoms with Crippen LogP contribution in [0.1, 0.15) is 17.9 Å². The number of methoxy groups -OCH3 is 2. The predicted octanol–water partition coefficient (Wildman–Crippen LogP) is 1.56. The van der Waals surface area contributed by atoms with Crippen molar-refractivity contribution in [2.45, 2.75) is 24.9 Å². The molecule has 0 fully saturated rings. The Bertz CT molecular complexity index is 603. The number of amides is 1. The van der Waals surface area contributed by atoms with Crippen LogP contribution in [-0.2, 0) is 28.5 Å². The molecule has 8 nitrogen and oxygen atoms in total. The van der Waals surface area contributed by atoms with E-state index in [0.29, 0.717) is 19.6 Å². The predicted molar refractivity (Wildman–Crippen MR) is 104 cm³/mol. The number of carbonyl (C=O) groups is 1. The van der Waals surface area contributed by atoms with E-state index in [0.717, 1.165) is 5.56 Å². The minimum absolute atomic E-state index is 0.0244. The first-order valence-electron chi connectivity index (χ1n) is 9.10. The smallest absolute Gasteiger partial charge is 0.288 e. The summed E-state index contributed by atoms with van der Waals surface area (Å²) in [6, 6.07) is 2.04. The summed E-state index contributed by atoms with van der Waals surface area (Å²) in [5.41, 5.74) is 1.12. The van der Waals surface area contributed by atoms with E-state index in [4.69, 9.17) is 28.8 Å². The van der Waals surface area contributed by atoms with Gasteiger partial charge in [0.05, 0.1) is 33.0 Å². The number of aliphatic hydroxyl groups excluding tert-OH is 1. The topological polar surface area (TPSA) is 86.7 Å². The van der Waals surface area contributed by atoms with Crippen molar-refractivity contribution in [2.24, 2.45) is 0 Å². The second-order valence-electron chi connectivity index (χ2n) is 6.27. The molecule has 28 heavy (non-hydrogen) atoms. The monoisotopic (exact) mass is 415 g/mol. The van der Waals surface area contributed by atoms with Crippen molar-refractivity contribution < 1.29 is 33.6 Å². The average molecular weight is 416 g/mol. The first kappa shape index (κ1) is 22.8. The van der Waals surface area contributed by atoms with Crippen molar-refractivity contribution >= 4 is 17.2 Å². The lowest BCUT2D eigenvalue weighted by molar-refractivity contribution is -0.161. The maximum absolute atomic E-state index is 12.9. The molecule has 2 unspecified atom stereocenters. The lowest BCUT2D eigenvalue weighted by Crippen LogP contribution is -2.39. The van der Waals surface area contributed by atoms with Gasteiger partial charge in [-0.2, -0.15) is 11.3 Å². The zero-order chi connectivity index (χ0) is 20.4. The van der Waals surface area contributed by atoms with E-state index in [1.54, 1.807) is 18.4 Å². The number of thiophene rings is 1. The van der Waals surface area contributed by atoms with Gasteiger partial charge in [-0.15, -0.1) is 0 Å². The molecule has 158 valence electrons. The molecule has 2 heterocycles. The Labute approximate surface area is 169 Å². The Morgan fingerprint density at radius 3 is 2.79 bits per heavy atom. The summed E-state index contributed by atoms with van der Waals surface area (Å²) < 4.78 is 27.1. The first-order valence-corrected chi connectivity index (χ1v) is 10.0. The van der Waals surface area contributed by atoms with E-state index in [9.17, 15) is 4.79 Å². The molecule has 0 bridgehead atoms. The molecule has 1 aliphatic heterocycles. The van der Waals surface area contributed by atoms with Gasteiger partial charge in [-0.1, -0.05) is 0 Å². The summed E-state index contributed by atoms with van der Waals surface area (Å²) in [7, 11) is 4.72. The highest BCUT2D eigenvalue weighted by Crippen LogP contribution is 2.33. The Morgan fingerprint density at radius 1 is 1.36 bits per heavy atom. The number of carbonyl (C=O) groups excluding carboxylic acids is 1. The molecule has 1 aliphatic rings. The van der Waals surface area contributed by atoms with Gasteiger partial charge in [0.2, 0.25) is 6.29 Å². The van der Waals surface area contributed by atoms with Crippen molar-refractivity contribution in [1.82, 2.24) is 4.90 Å². The van der Waals surface area contributed by atoms with Gasteiger partial charge in [-0.3, -0.25) is 4.79 Å². The van der Waals surface area contributed by atoms with Crippen molar-refractivity contribution in [3.8, 4) is 0 Å². The Hall–Kier alpha value is -1.49. The fraction of sp³-hybridized carbons (Fsp3) is 0.632. The Kier molecular flexibility index (Phi) is 9.89. The van der Waals surface area contributed by atoms with Gasteiger partial charge >= 0.3 is 0 Å². The number of hydrogen-bond acceptors (Lipinski definition) is 8. The minimum Gasteiger partial charge on any atom is -0.459 e. The molecule has 0 spiro atoms. The van der Waals surface area contributed by atoms with Gasteiger partial charge in [-0.25, -0.2) is 0 Å². The highest BCUT2D eigenvalue weighted by atomic mass is 32.1. The third-order valence-electron chi connectivity index (χ3n) is 4.30. The molecular formula is C19H29NO7S. The first-order chi connectivity index (χ1) is 13.6. The van der Waals surface area contributed by atoms with E-state index in [-0.39, 0.29) is 37.3 Å². The molecule has 0 aromatic carbocycles. The molecule has 0 saturated heterocycles. The van der Waals surface area contributed by atoms with Gasteiger partial charge in [0.15, 0.2) is 12.0 Å². The van der Waals surface area contributed by atoms with E-state index < -0.39 is 12.6 Å². The summed E-state index contributed by atoms with van der Waals surface area (Å²) in [4.78, 5) is 14.4. The van der Waals surface area contributed by atoms with Crippen molar-refractivity contribution in [3.63, 3.8) is 0 Å². The molecule has 0 aliphatic carbocycles. The van der Waals surface area contributed by atoms with Crippen molar-refractivity contribution in [3.05, 3.63) is 34.2 Å². The fourth-order valence-electron chi connectivity index (χ4n) is 2.77. The second-order valence-corrected chi connectivity index (χ2v) is 7.05. The molecule has 1 N–H and O–H groups in total. The van der Waals surface area contributed by atoms with Crippen LogP contribution in [0.3, 0.4) is 0 Å². The molecule has 9 heteroatoms. The largest absolute Gasteiger partial charge is 0.459 e. The van der Waals surface area contributed by atoms with Crippen LogP contribution < -0.4 is 0 Å². The van der Waals surface area contributed by atoms with Crippen LogP contribution in [0.25, 0.3) is 0 Å². The molecule has 0 saturated carbocycles. The summed E-state index contributed by atoms with van der Waals surface area (Å²) in [6.07, 6.45) is 1.38. The molecule has 2 atom stereocenters. The molecule has 2 rings (SSSR count). The van der Waals surface area contributed by atoms with E-state index >= 15 is 0 Å². The number of likely N-dealkylation sites (N-methyl/N-ethyl adjacent to an activating group) is 1. The molecule has 1 aromatic rings. The van der Waals surface area contributed by atoms with Crippen LogP contribution in [0.2, 0.25) is 0 Å². The lowest BCUT2D eigenvalue weighted by Gasteiger charge is -2.31. The van der Waals surface area contributed by atoms with Gasteiger partial charge in [0.1, 0.15) is 0 Å². The zero-order valence-electron chi connectivity index (χ0n) is 16.5. The number of rotatable bonds is 12. The molecule has 1 aromatic heterocycles. The zero-order valence-corrected chi connectivity index (χ0v) is 17.4. The fourth-order valence-corrected chi connectivity index (χ4v) is 3.50. The summed E-state index contributed by atoms with van der Waals surface area (Å²) in [5, 5.41) is 12.8. The summed E-state index contributed by atoms with van der Waals surface area (Å²) >= 11 is 1.61. The third kappa shape index (κ3) is 6.84. The molecule has 0 radical (unpaired) electrons. The summed E-state index contributed by atoms with van der Waals surface area (Å²) in [6.45, 7) is 1.17. The van der Waals surface area contributed by atoms with Crippen LogP contribution in [0, 0.1) is 0 Å². The van der Waals surface area contributed by atoms with Crippen LogP contribution >= 0.6 is 11.3 Å². The average Bonchev–Trinajstić information content (AvgIpc) is 3.26. The number of hydrogen-bond donors (Lipinski definition) is 1. The van der Waals surface area contributed by atoms with Crippen LogP contribution in [-0.4, -0.2) is 82.7 Å². The maximum Gasteiger partial charge on any atom is 0.288 e. The normalized spacial score (nSPS) is 19.4. The number of ether oxygens (including phenoxy) is 5. The Balaban J connectivity index is 2.03. The lowest BCUT2D eigenvalue weighted by atomic mass is 9.95. The Morgan fingerprint density at radius 2 is 2.14 bits per heavy atom. The molecular weight excluding hydrogens is 386 g/mol. The van der Waals surface area contributed by atoms with Crippen LogP contribution in [0.15, 0.2) is 28.7 Å². The second kappa shape index (κ2) is 12.2. The maximum atomic E-state index is 12.9. The number of allylic oxidation sites excluding steroid dienone is 1. The quantitative estimate of drug-likeness (QED) is 0.410. The van der Waals surface area contributed by atoms with Gasteiger partial charge < -0.3 is 33.7 Å². The highest BCUT2D eigenvalue weighted by Gasteiger charge is 2.30. The molecule has 1 amide bonds. The standard InChI is InChI=1S/C19H29NO7S/c1-20(12-18(23-2)24-3)19(22)16-10-15(14-4-9-28-13-14)11-17(27-16)26-8-7-25-6-5-21/h4,9-10,13,15,17-18,21H,5-8,11-12H2,1-3H3. The summed E-state index contributed by atoms with van der Waals surface area (Å²) in [5.74, 6) is 0.0118. The number of nitrogens with zero attached hydrogens (tertiary/aromatic N) is 1. The van der Waals surface area contributed by atoms with Crippen molar-refractivity contribution in [2.75, 3.05) is 54.2 Å². The van der Waals surface area contributed by atoms with Gasteiger partial charge in [0, 0.05) is 33.6 Å². The van der Waals surface area contributed by atoms with Gasteiger partial charge in [-0.05, 0) is 28.5 Å². The minimum atomic E-state index is -0.555. The van der Waals surface area contributed by atoms with E-state index in [2.05, 4.69) is 5.38 Å². The van der Waals surface area contributed by atoms with E-state index in [1.165, 1.54) is 19.1 Å². The van der Waals surface area contributed by atoms with Gasteiger partial charge in [0.25, 0.3) is 5.91 Å². The van der Waals surface area contributed by atoms with E-state index in [1.807, 2.05) is 17.5 Å². The SMILES string of the molecule is COC(CN(C)C(=O)C1=CC(c2ccsc2)CC(OCCOCCO)O1)OC. The highest BCUT2D eigenvalue weighted by molar-refractivity contribution is 7.08.